The van der Waals surface area contributed by atoms with E-state index in [1.807, 2.05) is 6.07 Å². The van der Waals surface area contributed by atoms with E-state index in [0.717, 1.165) is 0 Å². The first-order valence-corrected chi connectivity index (χ1v) is 5.17. The molecule has 88 valence electrons. The molecule has 5 heteroatoms. The van der Waals surface area contributed by atoms with E-state index >= 15 is 0 Å². The average molecular weight is 239 g/mol. The number of nitriles is 1. The van der Waals surface area contributed by atoms with Gasteiger partial charge >= 0.3 is 5.97 Å². The number of carbonyl (C=O) groups is 1. The summed E-state index contributed by atoms with van der Waals surface area (Å²) in [5, 5.41) is 15.8. The second-order valence-corrected chi connectivity index (χ2v) is 3.48. The molecule has 0 fully saturated rings. The molecular weight excluding hydrogens is 230 g/mol. The van der Waals surface area contributed by atoms with Crippen LogP contribution in [0.5, 0.6) is 0 Å². The smallest absolute Gasteiger partial charge is 0.338 e. The van der Waals surface area contributed by atoms with Crippen LogP contribution in [0, 0.1) is 23.2 Å². The summed E-state index contributed by atoms with van der Waals surface area (Å²) in [6.45, 7) is 0. The summed E-state index contributed by atoms with van der Waals surface area (Å²) in [6.07, 6.45) is 1.71. The van der Waals surface area contributed by atoms with Gasteiger partial charge in [-0.25, -0.2) is 4.79 Å². The number of hydrogen-bond donors (Lipinski definition) is 1. The number of hydrogen-bond acceptors (Lipinski definition) is 4. The van der Waals surface area contributed by atoms with Gasteiger partial charge in [0.25, 0.3) is 0 Å². The standard InChI is InChI=1S/C13H9N3O2/c1-18-13(17)10-6-9(4-2-3-5-14)7-12-11(10)8-15-16-12/h6-8H,3H2,1H3,(H,15,16). The maximum atomic E-state index is 11.6. The monoisotopic (exact) mass is 239 g/mol. The molecule has 1 N–H and O–H groups in total. The predicted octanol–water partition coefficient (Wildman–Crippen LogP) is 1.61. The molecule has 18 heavy (non-hydrogen) atoms. The first kappa shape index (κ1) is 11.7. The van der Waals surface area contributed by atoms with E-state index in [9.17, 15) is 4.79 Å². The van der Waals surface area contributed by atoms with Gasteiger partial charge in [-0.3, -0.25) is 5.10 Å². The zero-order valence-electron chi connectivity index (χ0n) is 9.65. The summed E-state index contributed by atoms with van der Waals surface area (Å²) < 4.78 is 4.71. The molecule has 0 amide bonds. The lowest BCUT2D eigenvalue weighted by Crippen LogP contribution is -2.02. The van der Waals surface area contributed by atoms with Gasteiger partial charge in [0.1, 0.15) is 0 Å². The number of aromatic amines is 1. The van der Waals surface area contributed by atoms with Crippen LogP contribution in [0.15, 0.2) is 18.3 Å². The Morgan fingerprint density at radius 3 is 3.11 bits per heavy atom. The van der Waals surface area contributed by atoms with Crippen molar-refractivity contribution in [2.45, 2.75) is 6.42 Å². The van der Waals surface area contributed by atoms with Crippen molar-refractivity contribution in [1.82, 2.24) is 10.2 Å². The minimum absolute atomic E-state index is 0.147. The van der Waals surface area contributed by atoms with Crippen LogP contribution in [0.3, 0.4) is 0 Å². The minimum atomic E-state index is -0.440. The van der Waals surface area contributed by atoms with Crippen LogP contribution in [0.2, 0.25) is 0 Å². The van der Waals surface area contributed by atoms with Crippen molar-refractivity contribution in [2.75, 3.05) is 7.11 Å². The highest BCUT2D eigenvalue weighted by Crippen LogP contribution is 2.19. The highest BCUT2D eigenvalue weighted by molar-refractivity contribution is 6.03. The van der Waals surface area contributed by atoms with E-state index in [-0.39, 0.29) is 6.42 Å². The number of methoxy groups -OCH3 is 1. The Hall–Kier alpha value is -2.79. The number of fused-ring (bicyclic) bond motifs is 1. The Morgan fingerprint density at radius 2 is 2.39 bits per heavy atom. The number of carbonyl (C=O) groups excluding carboxylic acids is 1. The van der Waals surface area contributed by atoms with Gasteiger partial charge in [0.15, 0.2) is 0 Å². The van der Waals surface area contributed by atoms with Crippen LogP contribution in [0.1, 0.15) is 22.3 Å². The summed E-state index contributed by atoms with van der Waals surface area (Å²) in [4.78, 5) is 11.6. The van der Waals surface area contributed by atoms with Gasteiger partial charge in [-0.05, 0) is 12.1 Å². The number of ether oxygens (including phenoxy) is 1. The van der Waals surface area contributed by atoms with Crippen LogP contribution < -0.4 is 0 Å². The molecule has 0 aliphatic rings. The molecule has 0 saturated heterocycles. The largest absolute Gasteiger partial charge is 0.465 e. The fourth-order valence-corrected chi connectivity index (χ4v) is 1.59. The second kappa shape index (κ2) is 5.03. The van der Waals surface area contributed by atoms with Crippen LogP contribution in [-0.2, 0) is 4.74 Å². The Balaban J connectivity index is 2.55. The van der Waals surface area contributed by atoms with Gasteiger partial charge in [-0.15, -0.1) is 0 Å². The van der Waals surface area contributed by atoms with Crippen molar-refractivity contribution in [3.8, 4) is 17.9 Å². The zero-order valence-corrected chi connectivity index (χ0v) is 9.65. The molecule has 0 atom stereocenters. The van der Waals surface area contributed by atoms with Crippen molar-refractivity contribution in [1.29, 1.82) is 5.26 Å². The molecule has 0 spiro atoms. The van der Waals surface area contributed by atoms with E-state index < -0.39 is 5.97 Å². The summed E-state index contributed by atoms with van der Waals surface area (Å²) in [7, 11) is 1.32. The van der Waals surface area contributed by atoms with Crippen LogP contribution in [0.4, 0.5) is 0 Å². The number of aromatic nitrogens is 2. The third-order valence-corrected chi connectivity index (χ3v) is 2.36. The van der Waals surface area contributed by atoms with Gasteiger partial charge in [0.05, 0.1) is 36.9 Å². The van der Waals surface area contributed by atoms with E-state index in [4.69, 9.17) is 10.00 Å². The predicted molar refractivity (Wildman–Crippen MR) is 64.5 cm³/mol. The fourth-order valence-electron chi connectivity index (χ4n) is 1.59. The van der Waals surface area contributed by atoms with Crippen molar-refractivity contribution >= 4 is 16.9 Å². The Kier molecular flexibility index (Phi) is 3.26. The van der Waals surface area contributed by atoms with Gasteiger partial charge in [-0.1, -0.05) is 11.8 Å². The molecule has 0 radical (unpaired) electrons. The van der Waals surface area contributed by atoms with Crippen LogP contribution in [0.25, 0.3) is 10.9 Å². The minimum Gasteiger partial charge on any atom is -0.465 e. The maximum Gasteiger partial charge on any atom is 0.338 e. The lowest BCUT2D eigenvalue weighted by molar-refractivity contribution is 0.0603. The van der Waals surface area contributed by atoms with E-state index in [1.54, 1.807) is 18.3 Å². The number of benzene rings is 1. The van der Waals surface area contributed by atoms with Crippen LogP contribution >= 0.6 is 0 Å². The molecule has 0 saturated carbocycles. The SMILES string of the molecule is COC(=O)c1cc(C#CCC#N)cc2[nH]ncc12. The van der Waals surface area contributed by atoms with Crippen molar-refractivity contribution in [3.63, 3.8) is 0 Å². The number of esters is 1. The lowest BCUT2D eigenvalue weighted by atomic mass is 10.1. The maximum absolute atomic E-state index is 11.6. The number of nitrogens with zero attached hydrogens (tertiary/aromatic N) is 2. The average Bonchev–Trinajstić information content (AvgIpc) is 2.85. The van der Waals surface area contributed by atoms with Crippen molar-refractivity contribution < 1.29 is 9.53 Å². The molecular formula is C13H9N3O2. The Bertz CT molecular complexity index is 698. The van der Waals surface area contributed by atoms with Crippen molar-refractivity contribution in [3.05, 3.63) is 29.5 Å². The van der Waals surface area contributed by atoms with E-state index in [1.165, 1.54) is 7.11 Å². The number of H-pyrrole nitrogens is 1. The summed E-state index contributed by atoms with van der Waals surface area (Å²) in [5.74, 6) is 5.07. The summed E-state index contributed by atoms with van der Waals surface area (Å²) in [6, 6.07) is 5.34. The molecule has 2 rings (SSSR count). The second-order valence-electron chi connectivity index (χ2n) is 3.48. The highest BCUT2D eigenvalue weighted by Gasteiger charge is 2.12. The molecule has 0 aliphatic heterocycles. The molecule has 2 aromatic rings. The fraction of sp³-hybridized carbons (Fsp3) is 0.154. The topological polar surface area (TPSA) is 78.8 Å². The van der Waals surface area contributed by atoms with Crippen molar-refractivity contribution in [2.24, 2.45) is 0 Å². The van der Waals surface area contributed by atoms with Crippen LogP contribution in [-0.4, -0.2) is 23.3 Å². The van der Waals surface area contributed by atoms with Gasteiger partial charge in [0.2, 0.25) is 0 Å². The highest BCUT2D eigenvalue weighted by atomic mass is 16.5. The molecule has 5 nitrogen and oxygen atoms in total. The zero-order chi connectivity index (χ0) is 13.0. The van der Waals surface area contributed by atoms with E-state index in [0.29, 0.717) is 22.0 Å². The Labute approximate surface area is 103 Å². The molecule has 0 bridgehead atoms. The number of rotatable bonds is 1. The lowest BCUT2D eigenvalue weighted by Gasteiger charge is -2.01. The van der Waals surface area contributed by atoms with Gasteiger partial charge in [-0.2, -0.15) is 10.4 Å². The molecule has 1 heterocycles. The third-order valence-electron chi connectivity index (χ3n) is 2.36. The first-order chi connectivity index (χ1) is 8.76. The molecule has 0 unspecified atom stereocenters. The molecule has 0 aliphatic carbocycles. The summed E-state index contributed by atoms with van der Waals surface area (Å²) in [5.41, 5.74) is 1.76. The van der Waals surface area contributed by atoms with Gasteiger partial charge in [0, 0.05) is 10.9 Å². The molecule has 1 aromatic heterocycles. The quantitative estimate of drug-likeness (QED) is 0.605. The summed E-state index contributed by atoms with van der Waals surface area (Å²) >= 11 is 0. The van der Waals surface area contributed by atoms with E-state index in [2.05, 4.69) is 22.0 Å². The number of nitrogens with one attached hydrogen (secondary N) is 1. The van der Waals surface area contributed by atoms with Gasteiger partial charge < -0.3 is 4.74 Å². The normalized spacial score (nSPS) is 9.33. The first-order valence-electron chi connectivity index (χ1n) is 5.17. The molecule has 1 aromatic carbocycles. The Morgan fingerprint density at radius 1 is 1.56 bits per heavy atom. The third kappa shape index (κ3) is 2.16.